The van der Waals surface area contributed by atoms with E-state index in [1.165, 1.54) is 11.9 Å². The molecule has 2 aromatic carbocycles. The Hall–Kier alpha value is -3.19. The topological polar surface area (TPSA) is 79.7 Å². The maximum atomic E-state index is 11.7. The molecule has 1 unspecified atom stereocenters. The molecule has 2 aliphatic heterocycles. The first-order valence-electron chi connectivity index (χ1n) is 8.43. The smallest absolute Gasteiger partial charge is 0.345 e. The highest BCUT2D eigenvalue weighted by Crippen LogP contribution is 2.41. The van der Waals surface area contributed by atoms with Crippen LogP contribution in [0.15, 0.2) is 74.0 Å². The second kappa shape index (κ2) is 6.51. The standard InChI is InChI=1S/C20H13N4O2S/c25-20-21-9-8-15(23-20)13-5-3-7-18-19(13)14(11-22-27-18)16-10-12-4-1-2-6-17(12)26-24-16/h1-9,14H,10H2,(H,21,23,25). The summed E-state index contributed by atoms with van der Waals surface area (Å²) in [6, 6.07) is 15.5. The van der Waals surface area contributed by atoms with Crippen molar-refractivity contribution in [1.82, 2.24) is 9.97 Å². The van der Waals surface area contributed by atoms with E-state index in [9.17, 15) is 4.79 Å². The van der Waals surface area contributed by atoms with Gasteiger partial charge in [0.25, 0.3) is 0 Å². The fraction of sp³-hybridized carbons (Fsp3) is 0.100. The van der Waals surface area contributed by atoms with Gasteiger partial charge in [-0.2, -0.15) is 4.98 Å². The van der Waals surface area contributed by atoms with E-state index < -0.39 is 0 Å². The van der Waals surface area contributed by atoms with Gasteiger partial charge in [0.15, 0.2) is 5.75 Å². The average molecular weight is 373 g/mol. The maximum absolute atomic E-state index is 11.7. The molecule has 3 heterocycles. The van der Waals surface area contributed by atoms with Crippen molar-refractivity contribution in [2.24, 2.45) is 9.55 Å². The lowest BCUT2D eigenvalue weighted by Gasteiger charge is -2.25. The van der Waals surface area contributed by atoms with Crippen LogP contribution in [-0.2, 0) is 6.42 Å². The Morgan fingerprint density at radius 1 is 1.15 bits per heavy atom. The molecular weight excluding hydrogens is 360 g/mol. The Morgan fingerprint density at radius 3 is 3.00 bits per heavy atom. The maximum Gasteiger partial charge on any atom is 0.345 e. The third-order valence-electron chi connectivity index (χ3n) is 4.57. The number of nitrogens with zero attached hydrogens (tertiary/aromatic N) is 3. The number of fused-ring (bicyclic) bond motifs is 2. The van der Waals surface area contributed by atoms with Gasteiger partial charge in [-0.3, -0.25) is 0 Å². The highest BCUT2D eigenvalue weighted by molar-refractivity contribution is 7.98. The van der Waals surface area contributed by atoms with E-state index >= 15 is 0 Å². The minimum absolute atomic E-state index is 0.258. The SMILES string of the molecule is O=c1nc(-c2cccc3c2C(C2=NOc4ccccc4C2)[C]=NS3)cc[nH]1. The molecule has 0 saturated carbocycles. The van der Waals surface area contributed by atoms with Crippen LogP contribution in [0.5, 0.6) is 5.75 Å². The first-order chi connectivity index (χ1) is 13.3. The zero-order valence-electron chi connectivity index (χ0n) is 14.0. The third-order valence-corrected chi connectivity index (χ3v) is 5.31. The van der Waals surface area contributed by atoms with Crippen molar-refractivity contribution in [1.29, 1.82) is 0 Å². The number of para-hydroxylation sites is 1. The Labute approximate surface area is 159 Å². The van der Waals surface area contributed by atoms with Gasteiger partial charge >= 0.3 is 5.69 Å². The van der Waals surface area contributed by atoms with Crippen molar-refractivity contribution in [2.45, 2.75) is 17.2 Å². The van der Waals surface area contributed by atoms with E-state index in [0.717, 1.165) is 33.0 Å². The molecule has 3 aromatic rings. The molecule has 2 aliphatic rings. The molecule has 27 heavy (non-hydrogen) atoms. The van der Waals surface area contributed by atoms with Crippen LogP contribution in [0.3, 0.4) is 0 Å². The largest absolute Gasteiger partial charge is 0.357 e. The number of benzene rings is 2. The van der Waals surface area contributed by atoms with Crippen molar-refractivity contribution in [3.63, 3.8) is 0 Å². The minimum Gasteiger partial charge on any atom is -0.357 e. The lowest BCUT2D eigenvalue weighted by Crippen LogP contribution is -2.23. The Bertz CT molecular complexity index is 1150. The summed E-state index contributed by atoms with van der Waals surface area (Å²) in [6.45, 7) is 0. The number of hydrogen-bond acceptors (Lipinski definition) is 6. The monoisotopic (exact) mass is 373 g/mol. The lowest BCUT2D eigenvalue weighted by atomic mass is 9.86. The minimum atomic E-state index is -0.380. The molecule has 131 valence electrons. The Balaban J connectivity index is 1.62. The van der Waals surface area contributed by atoms with Crippen LogP contribution in [0.1, 0.15) is 17.0 Å². The molecule has 1 N–H and O–H groups in total. The van der Waals surface area contributed by atoms with E-state index in [-0.39, 0.29) is 11.6 Å². The third kappa shape index (κ3) is 2.86. The molecule has 5 rings (SSSR count). The molecule has 0 saturated heterocycles. The van der Waals surface area contributed by atoms with Crippen molar-refractivity contribution < 1.29 is 4.84 Å². The summed E-state index contributed by atoms with van der Waals surface area (Å²) in [7, 11) is 0. The number of H-pyrrole nitrogens is 1. The summed E-state index contributed by atoms with van der Waals surface area (Å²) >= 11 is 1.36. The van der Waals surface area contributed by atoms with Gasteiger partial charge in [0.1, 0.15) is 0 Å². The molecule has 0 amide bonds. The number of hydrogen-bond donors (Lipinski definition) is 1. The quantitative estimate of drug-likeness (QED) is 0.698. The van der Waals surface area contributed by atoms with E-state index in [1.54, 1.807) is 12.3 Å². The van der Waals surface area contributed by atoms with Crippen LogP contribution in [0.25, 0.3) is 11.3 Å². The fourth-order valence-electron chi connectivity index (χ4n) is 3.33. The van der Waals surface area contributed by atoms with Gasteiger partial charge in [0.2, 0.25) is 0 Å². The molecule has 0 fully saturated rings. The Morgan fingerprint density at radius 2 is 2.07 bits per heavy atom. The van der Waals surface area contributed by atoms with Gasteiger partial charge in [-0.15, -0.1) is 0 Å². The number of oxime groups is 1. The van der Waals surface area contributed by atoms with Gasteiger partial charge in [-0.25, -0.2) is 9.19 Å². The van der Waals surface area contributed by atoms with Crippen LogP contribution in [0.2, 0.25) is 0 Å². The summed E-state index contributed by atoms with van der Waals surface area (Å²) in [5.41, 5.74) is 4.02. The highest BCUT2D eigenvalue weighted by atomic mass is 32.2. The summed E-state index contributed by atoms with van der Waals surface area (Å²) in [6.07, 6.45) is 5.42. The summed E-state index contributed by atoms with van der Waals surface area (Å²) in [4.78, 5) is 25.0. The molecular formula is C20H13N4O2S. The molecule has 6 nitrogen and oxygen atoms in total. The van der Waals surface area contributed by atoms with Gasteiger partial charge in [-0.1, -0.05) is 35.5 Å². The molecule has 1 radical (unpaired) electrons. The number of nitrogens with one attached hydrogen (secondary N) is 1. The molecule has 0 spiro atoms. The van der Waals surface area contributed by atoms with E-state index in [2.05, 4.69) is 25.7 Å². The number of aromatic nitrogens is 2. The second-order valence-electron chi connectivity index (χ2n) is 6.20. The molecule has 7 heteroatoms. The van der Waals surface area contributed by atoms with E-state index in [1.807, 2.05) is 42.5 Å². The van der Waals surface area contributed by atoms with Gasteiger partial charge in [0, 0.05) is 40.6 Å². The average Bonchev–Trinajstić information content (AvgIpc) is 2.72. The Kier molecular flexibility index (Phi) is 3.86. The zero-order chi connectivity index (χ0) is 18.2. The van der Waals surface area contributed by atoms with Gasteiger partial charge in [-0.05, 0) is 23.8 Å². The molecule has 0 aliphatic carbocycles. The number of rotatable bonds is 2. The first kappa shape index (κ1) is 16.0. The zero-order valence-corrected chi connectivity index (χ0v) is 14.9. The lowest BCUT2D eigenvalue weighted by molar-refractivity contribution is 0.328. The van der Waals surface area contributed by atoms with Crippen LogP contribution >= 0.6 is 11.9 Å². The molecule has 1 aromatic heterocycles. The molecule has 1 atom stereocenters. The molecule has 0 bridgehead atoms. The van der Waals surface area contributed by atoms with Crippen molar-refractivity contribution in [3.8, 4) is 17.0 Å². The second-order valence-corrected chi connectivity index (χ2v) is 7.01. The van der Waals surface area contributed by atoms with Crippen molar-refractivity contribution in [3.05, 3.63) is 76.3 Å². The van der Waals surface area contributed by atoms with E-state index in [0.29, 0.717) is 12.1 Å². The van der Waals surface area contributed by atoms with Gasteiger partial charge in [0.05, 0.1) is 23.5 Å². The van der Waals surface area contributed by atoms with Gasteiger partial charge < -0.3 is 9.82 Å². The first-order valence-corrected chi connectivity index (χ1v) is 9.20. The van der Waals surface area contributed by atoms with Crippen LogP contribution in [0.4, 0.5) is 0 Å². The van der Waals surface area contributed by atoms with Crippen LogP contribution in [0, 0.1) is 0 Å². The van der Waals surface area contributed by atoms with Crippen LogP contribution in [-0.4, -0.2) is 21.9 Å². The summed E-state index contributed by atoms with van der Waals surface area (Å²) < 4.78 is 4.33. The summed E-state index contributed by atoms with van der Waals surface area (Å²) in [5.74, 6) is 0.514. The fourth-order valence-corrected chi connectivity index (χ4v) is 4.05. The number of aromatic amines is 1. The predicted molar refractivity (Wildman–Crippen MR) is 105 cm³/mol. The van der Waals surface area contributed by atoms with Crippen molar-refractivity contribution in [2.75, 3.05) is 0 Å². The van der Waals surface area contributed by atoms with E-state index in [4.69, 9.17) is 4.84 Å². The predicted octanol–water partition coefficient (Wildman–Crippen LogP) is 3.48. The summed E-state index contributed by atoms with van der Waals surface area (Å²) in [5, 5.41) is 4.34. The van der Waals surface area contributed by atoms with Crippen LogP contribution < -0.4 is 10.5 Å². The highest BCUT2D eigenvalue weighted by Gasteiger charge is 2.30. The normalized spacial score (nSPS) is 17.5. The van der Waals surface area contributed by atoms with Crippen molar-refractivity contribution >= 4 is 23.9 Å².